The summed E-state index contributed by atoms with van der Waals surface area (Å²) in [6.07, 6.45) is 4.04. The zero-order chi connectivity index (χ0) is 17.8. The number of carbonyl (C=O) groups excluding carboxylic acids is 1. The summed E-state index contributed by atoms with van der Waals surface area (Å²) < 4.78 is 6.83. The number of aryl methyl sites for hydroxylation is 2. The second-order valence-electron chi connectivity index (χ2n) is 6.12. The summed E-state index contributed by atoms with van der Waals surface area (Å²) in [6.45, 7) is 4.26. The first-order valence-electron chi connectivity index (χ1n) is 8.34. The van der Waals surface area contributed by atoms with E-state index in [2.05, 4.69) is 10.3 Å². The summed E-state index contributed by atoms with van der Waals surface area (Å²) >= 11 is 0. The van der Waals surface area contributed by atoms with Crippen molar-refractivity contribution in [3.8, 4) is 0 Å². The average molecular weight is 339 g/mol. The molecular formula is C19H21N3O3. The van der Waals surface area contributed by atoms with Gasteiger partial charge in [0.1, 0.15) is 5.76 Å². The van der Waals surface area contributed by atoms with Gasteiger partial charge >= 0.3 is 0 Å². The van der Waals surface area contributed by atoms with E-state index < -0.39 is 0 Å². The van der Waals surface area contributed by atoms with Crippen LogP contribution in [0.25, 0.3) is 10.9 Å². The molecule has 2 heterocycles. The number of rotatable bonds is 6. The van der Waals surface area contributed by atoms with Crippen molar-refractivity contribution in [3.05, 3.63) is 64.6 Å². The minimum atomic E-state index is -0.171. The Morgan fingerprint density at radius 3 is 2.92 bits per heavy atom. The number of nitrogens with one attached hydrogen (secondary N) is 1. The first-order chi connectivity index (χ1) is 12.1. The predicted molar refractivity (Wildman–Crippen MR) is 95.2 cm³/mol. The number of furan rings is 1. The zero-order valence-corrected chi connectivity index (χ0v) is 14.4. The quantitative estimate of drug-likeness (QED) is 0.749. The lowest BCUT2D eigenvalue weighted by Crippen LogP contribution is -2.27. The van der Waals surface area contributed by atoms with Crippen LogP contribution in [0.1, 0.15) is 37.1 Å². The molecule has 0 radical (unpaired) electrons. The van der Waals surface area contributed by atoms with E-state index in [0.717, 1.165) is 16.8 Å². The molecule has 1 atom stereocenters. The Balaban J connectivity index is 1.59. The van der Waals surface area contributed by atoms with E-state index in [-0.39, 0.29) is 17.5 Å². The van der Waals surface area contributed by atoms with Gasteiger partial charge in [0.05, 0.1) is 29.5 Å². The average Bonchev–Trinajstić information content (AvgIpc) is 3.12. The maximum absolute atomic E-state index is 12.5. The molecule has 0 aliphatic rings. The predicted octanol–water partition coefficient (Wildman–Crippen LogP) is 2.96. The van der Waals surface area contributed by atoms with Gasteiger partial charge in [-0.15, -0.1) is 0 Å². The lowest BCUT2D eigenvalue weighted by molar-refractivity contribution is -0.122. The van der Waals surface area contributed by atoms with E-state index in [1.807, 2.05) is 32.0 Å². The number of aromatic nitrogens is 2. The van der Waals surface area contributed by atoms with Gasteiger partial charge in [0, 0.05) is 13.0 Å². The molecule has 6 heteroatoms. The highest BCUT2D eigenvalue weighted by molar-refractivity contribution is 5.80. The molecule has 3 rings (SSSR count). The van der Waals surface area contributed by atoms with Crippen LogP contribution in [0.4, 0.5) is 0 Å². The summed E-state index contributed by atoms with van der Waals surface area (Å²) in [5, 5.41) is 3.49. The van der Waals surface area contributed by atoms with Crippen molar-refractivity contribution in [1.82, 2.24) is 14.9 Å². The van der Waals surface area contributed by atoms with Crippen molar-refractivity contribution >= 4 is 16.8 Å². The molecule has 1 N–H and O–H groups in total. The van der Waals surface area contributed by atoms with Gasteiger partial charge < -0.3 is 9.73 Å². The van der Waals surface area contributed by atoms with Gasteiger partial charge in [0.25, 0.3) is 5.56 Å². The van der Waals surface area contributed by atoms with Gasteiger partial charge in [-0.2, -0.15) is 0 Å². The third-order valence-corrected chi connectivity index (χ3v) is 4.21. The first-order valence-corrected chi connectivity index (χ1v) is 8.34. The molecule has 0 aliphatic heterocycles. The van der Waals surface area contributed by atoms with Crippen LogP contribution >= 0.6 is 0 Å². The fourth-order valence-electron chi connectivity index (χ4n) is 2.83. The number of hydrogen-bond acceptors (Lipinski definition) is 4. The van der Waals surface area contributed by atoms with Crippen LogP contribution in [0.5, 0.6) is 0 Å². The van der Waals surface area contributed by atoms with Crippen LogP contribution in [0.3, 0.4) is 0 Å². The number of hydrogen-bond donors (Lipinski definition) is 1. The Kier molecular flexibility index (Phi) is 4.97. The molecule has 3 aromatic rings. The van der Waals surface area contributed by atoms with Crippen molar-refractivity contribution in [3.63, 3.8) is 0 Å². The first kappa shape index (κ1) is 17.0. The number of benzene rings is 1. The molecule has 0 aliphatic carbocycles. The van der Waals surface area contributed by atoms with Crippen molar-refractivity contribution in [1.29, 1.82) is 0 Å². The van der Waals surface area contributed by atoms with Crippen LogP contribution in [-0.2, 0) is 11.3 Å². The Labute approximate surface area is 145 Å². The molecule has 0 saturated carbocycles. The molecule has 2 aromatic heterocycles. The molecule has 0 spiro atoms. The molecule has 1 aromatic carbocycles. The minimum Gasteiger partial charge on any atom is -0.467 e. The van der Waals surface area contributed by atoms with Crippen LogP contribution in [0, 0.1) is 6.92 Å². The van der Waals surface area contributed by atoms with Crippen LogP contribution in [-0.4, -0.2) is 15.5 Å². The van der Waals surface area contributed by atoms with Crippen molar-refractivity contribution < 1.29 is 9.21 Å². The van der Waals surface area contributed by atoms with E-state index in [1.54, 1.807) is 29.3 Å². The highest BCUT2D eigenvalue weighted by atomic mass is 16.3. The summed E-state index contributed by atoms with van der Waals surface area (Å²) in [4.78, 5) is 28.9. The van der Waals surface area contributed by atoms with Crippen molar-refractivity contribution in [2.24, 2.45) is 0 Å². The van der Waals surface area contributed by atoms with E-state index in [0.29, 0.717) is 24.8 Å². The number of para-hydroxylation sites is 1. The second-order valence-corrected chi connectivity index (χ2v) is 6.12. The lowest BCUT2D eigenvalue weighted by Gasteiger charge is -2.12. The molecular weight excluding hydrogens is 318 g/mol. The largest absolute Gasteiger partial charge is 0.467 e. The summed E-state index contributed by atoms with van der Waals surface area (Å²) in [5.41, 5.74) is 1.64. The smallest absolute Gasteiger partial charge is 0.261 e. The normalized spacial score (nSPS) is 12.2. The van der Waals surface area contributed by atoms with Gasteiger partial charge in [-0.25, -0.2) is 4.98 Å². The lowest BCUT2D eigenvalue weighted by atomic mass is 10.1. The molecule has 0 fully saturated rings. The number of fused-ring (bicyclic) bond motifs is 1. The molecule has 130 valence electrons. The van der Waals surface area contributed by atoms with Gasteiger partial charge in [-0.1, -0.05) is 12.1 Å². The van der Waals surface area contributed by atoms with Crippen LogP contribution in [0.15, 0.2) is 52.1 Å². The van der Waals surface area contributed by atoms with Crippen molar-refractivity contribution in [2.45, 2.75) is 39.3 Å². The minimum absolute atomic E-state index is 0.0680. The number of amides is 1. The van der Waals surface area contributed by atoms with Gasteiger partial charge in [0.15, 0.2) is 0 Å². The highest BCUT2D eigenvalue weighted by Crippen LogP contribution is 2.13. The van der Waals surface area contributed by atoms with Crippen LogP contribution in [0.2, 0.25) is 0 Å². The maximum Gasteiger partial charge on any atom is 0.261 e. The second kappa shape index (κ2) is 7.34. The monoisotopic (exact) mass is 339 g/mol. The Morgan fingerprint density at radius 2 is 2.16 bits per heavy atom. The van der Waals surface area contributed by atoms with E-state index in [1.165, 1.54) is 0 Å². The topological polar surface area (TPSA) is 77.1 Å². The molecule has 0 bridgehead atoms. The fraction of sp³-hybridized carbons (Fsp3) is 0.316. The molecule has 25 heavy (non-hydrogen) atoms. The SMILES string of the molecule is Cc1cccc2c(=O)n(CCCC(=O)NC(C)c3ccco3)cnc12. The summed E-state index contributed by atoms with van der Waals surface area (Å²) in [7, 11) is 0. The number of nitrogens with zero attached hydrogens (tertiary/aromatic N) is 2. The van der Waals surface area contributed by atoms with Crippen molar-refractivity contribution in [2.75, 3.05) is 0 Å². The Bertz CT molecular complexity index is 929. The highest BCUT2D eigenvalue weighted by Gasteiger charge is 2.12. The van der Waals surface area contributed by atoms with Crippen LogP contribution < -0.4 is 10.9 Å². The zero-order valence-electron chi connectivity index (χ0n) is 14.4. The fourth-order valence-corrected chi connectivity index (χ4v) is 2.83. The Hall–Kier alpha value is -2.89. The molecule has 1 amide bonds. The van der Waals surface area contributed by atoms with E-state index >= 15 is 0 Å². The van der Waals surface area contributed by atoms with Gasteiger partial charge in [0.2, 0.25) is 5.91 Å². The van der Waals surface area contributed by atoms with Gasteiger partial charge in [-0.05, 0) is 44.0 Å². The molecule has 0 saturated heterocycles. The summed E-state index contributed by atoms with van der Waals surface area (Å²) in [6, 6.07) is 9.02. The van der Waals surface area contributed by atoms with Gasteiger partial charge in [-0.3, -0.25) is 14.2 Å². The third-order valence-electron chi connectivity index (χ3n) is 4.21. The standard InChI is InChI=1S/C19H21N3O3/c1-13-6-3-7-15-18(13)20-12-22(19(15)24)10-4-9-17(23)21-14(2)16-8-5-11-25-16/h3,5-8,11-12,14H,4,9-10H2,1-2H3,(H,21,23). The maximum atomic E-state index is 12.5. The molecule has 6 nitrogen and oxygen atoms in total. The summed E-state index contributed by atoms with van der Waals surface area (Å²) in [5.74, 6) is 0.653. The van der Waals surface area contributed by atoms with E-state index in [4.69, 9.17) is 4.42 Å². The Morgan fingerprint density at radius 1 is 1.32 bits per heavy atom. The van der Waals surface area contributed by atoms with E-state index in [9.17, 15) is 9.59 Å². The third kappa shape index (κ3) is 3.79. The number of carbonyl (C=O) groups is 1. The molecule has 1 unspecified atom stereocenters.